The molecule has 0 radical (unpaired) electrons. The van der Waals surface area contributed by atoms with Gasteiger partial charge in [0.25, 0.3) is 0 Å². The average molecular weight is 364 g/mol. The molecule has 2 atom stereocenters. The molecule has 142 valence electrons. The molecule has 1 aliphatic rings. The fraction of sp³-hybridized carbons (Fsp3) is 0.500. The van der Waals surface area contributed by atoms with Crippen molar-refractivity contribution >= 4 is 23.5 Å². The van der Waals surface area contributed by atoms with Crippen LogP contribution in [0, 0.1) is 11.8 Å². The minimum absolute atomic E-state index is 0.0831. The number of amides is 2. The molecule has 1 fully saturated rings. The zero-order valence-corrected chi connectivity index (χ0v) is 15.4. The van der Waals surface area contributed by atoms with E-state index in [1.54, 1.807) is 32.2 Å². The summed E-state index contributed by atoms with van der Waals surface area (Å²) in [5, 5.41) is 8.99. The van der Waals surface area contributed by atoms with Crippen molar-refractivity contribution in [3.8, 4) is 11.5 Å². The molecular weight excluding hydrogens is 340 g/mol. The van der Waals surface area contributed by atoms with Crippen LogP contribution >= 0.6 is 0 Å². The van der Waals surface area contributed by atoms with E-state index in [1.165, 1.54) is 24.0 Å². The monoisotopic (exact) mass is 364 g/mol. The van der Waals surface area contributed by atoms with Crippen molar-refractivity contribution in [2.75, 3.05) is 39.3 Å². The molecule has 8 nitrogen and oxygen atoms in total. The van der Waals surface area contributed by atoms with Crippen LogP contribution in [0.4, 0.5) is 5.69 Å². The highest BCUT2D eigenvalue weighted by atomic mass is 16.5. The van der Waals surface area contributed by atoms with Gasteiger partial charge in [0.05, 0.1) is 31.7 Å². The van der Waals surface area contributed by atoms with Gasteiger partial charge in [-0.1, -0.05) is 6.92 Å². The van der Waals surface area contributed by atoms with Crippen molar-refractivity contribution in [2.24, 2.45) is 11.8 Å². The molecule has 1 aromatic carbocycles. The van der Waals surface area contributed by atoms with Crippen LogP contribution in [-0.2, 0) is 14.4 Å². The van der Waals surface area contributed by atoms with Crippen LogP contribution in [0.15, 0.2) is 18.2 Å². The van der Waals surface area contributed by atoms with E-state index in [0.29, 0.717) is 17.2 Å². The predicted molar refractivity (Wildman–Crippen MR) is 94.4 cm³/mol. The van der Waals surface area contributed by atoms with Crippen molar-refractivity contribution in [1.82, 2.24) is 4.90 Å². The molecule has 1 N–H and O–H groups in total. The van der Waals surface area contributed by atoms with Crippen molar-refractivity contribution in [1.29, 1.82) is 0 Å². The Kier molecular flexibility index (Phi) is 6.07. The van der Waals surface area contributed by atoms with Crippen LogP contribution < -0.4 is 14.4 Å². The van der Waals surface area contributed by atoms with Gasteiger partial charge in [0.1, 0.15) is 11.5 Å². The standard InChI is InChI=1S/C18H24N2O6/c1-11(18(23)24)9-19(2)17(22)12-7-16(21)20(10-12)14-6-5-13(25-3)8-15(14)26-4/h5-6,8,11-12H,7,9-10H2,1-4H3,(H,23,24). The molecule has 26 heavy (non-hydrogen) atoms. The summed E-state index contributed by atoms with van der Waals surface area (Å²) >= 11 is 0. The summed E-state index contributed by atoms with van der Waals surface area (Å²) in [4.78, 5) is 38.9. The molecule has 0 saturated carbocycles. The molecule has 8 heteroatoms. The first kappa shape index (κ1) is 19.6. The number of carbonyl (C=O) groups excluding carboxylic acids is 2. The molecule has 2 amide bonds. The lowest BCUT2D eigenvalue weighted by atomic mass is 10.1. The molecule has 1 saturated heterocycles. The van der Waals surface area contributed by atoms with Crippen LogP contribution in [0.3, 0.4) is 0 Å². The van der Waals surface area contributed by atoms with Gasteiger partial charge in [-0.05, 0) is 12.1 Å². The maximum absolute atomic E-state index is 12.6. The number of rotatable bonds is 7. The Morgan fingerprint density at radius 2 is 2.04 bits per heavy atom. The Hall–Kier alpha value is -2.77. The number of carboxylic acid groups (broad SMARTS) is 1. The normalized spacial score (nSPS) is 17.8. The van der Waals surface area contributed by atoms with E-state index in [-0.39, 0.29) is 31.3 Å². The molecule has 1 aromatic rings. The number of aliphatic carboxylic acids is 1. The van der Waals surface area contributed by atoms with Gasteiger partial charge in [-0.2, -0.15) is 0 Å². The van der Waals surface area contributed by atoms with E-state index in [0.717, 1.165) is 0 Å². The predicted octanol–water partition coefficient (Wildman–Crippen LogP) is 1.24. The topological polar surface area (TPSA) is 96.4 Å². The summed E-state index contributed by atoms with van der Waals surface area (Å²) in [6, 6.07) is 5.12. The minimum atomic E-state index is -0.961. The summed E-state index contributed by atoms with van der Waals surface area (Å²) in [5.74, 6) is -1.46. The van der Waals surface area contributed by atoms with Gasteiger partial charge >= 0.3 is 5.97 Å². The first-order valence-electron chi connectivity index (χ1n) is 8.28. The minimum Gasteiger partial charge on any atom is -0.497 e. The second-order valence-electron chi connectivity index (χ2n) is 6.40. The fourth-order valence-corrected chi connectivity index (χ4v) is 3.00. The number of ether oxygens (including phenoxy) is 2. The Morgan fingerprint density at radius 3 is 2.62 bits per heavy atom. The third-order valence-electron chi connectivity index (χ3n) is 4.50. The van der Waals surface area contributed by atoms with Crippen LogP contribution in [-0.4, -0.2) is 62.1 Å². The Balaban J connectivity index is 2.13. The van der Waals surface area contributed by atoms with Crippen LogP contribution in [0.25, 0.3) is 0 Å². The summed E-state index contributed by atoms with van der Waals surface area (Å²) in [6.07, 6.45) is 0.0831. The van der Waals surface area contributed by atoms with E-state index in [4.69, 9.17) is 14.6 Å². The Labute approximate surface area is 152 Å². The largest absolute Gasteiger partial charge is 0.497 e. The molecule has 0 aliphatic carbocycles. The lowest BCUT2D eigenvalue weighted by Crippen LogP contribution is -2.38. The van der Waals surface area contributed by atoms with Gasteiger partial charge in [0, 0.05) is 32.6 Å². The molecule has 2 rings (SSSR count). The van der Waals surface area contributed by atoms with E-state index in [1.807, 2.05) is 0 Å². The third-order valence-corrected chi connectivity index (χ3v) is 4.50. The van der Waals surface area contributed by atoms with Crippen molar-refractivity contribution in [3.63, 3.8) is 0 Å². The molecule has 0 spiro atoms. The van der Waals surface area contributed by atoms with E-state index >= 15 is 0 Å². The van der Waals surface area contributed by atoms with E-state index in [2.05, 4.69) is 0 Å². The smallest absolute Gasteiger partial charge is 0.308 e. The number of carbonyl (C=O) groups is 3. The average Bonchev–Trinajstić information content (AvgIpc) is 3.01. The molecular formula is C18H24N2O6. The maximum atomic E-state index is 12.6. The second kappa shape index (κ2) is 8.07. The second-order valence-corrected chi connectivity index (χ2v) is 6.40. The molecule has 1 aliphatic heterocycles. The number of carboxylic acids is 1. The van der Waals surface area contributed by atoms with Crippen molar-refractivity contribution in [2.45, 2.75) is 13.3 Å². The van der Waals surface area contributed by atoms with Gasteiger partial charge in [0.2, 0.25) is 11.8 Å². The van der Waals surface area contributed by atoms with Gasteiger partial charge in [-0.3, -0.25) is 14.4 Å². The number of anilines is 1. The number of hydrogen-bond donors (Lipinski definition) is 1. The van der Waals surface area contributed by atoms with Crippen LogP contribution in [0.1, 0.15) is 13.3 Å². The third kappa shape index (κ3) is 4.07. The summed E-state index contributed by atoms with van der Waals surface area (Å²) in [6.45, 7) is 1.87. The fourth-order valence-electron chi connectivity index (χ4n) is 3.00. The number of nitrogens with zero attached hydrogens (tertiary/aromatic N) is 2. The number of hydrogen-bond acceptors (Lipinski definition) is 5. The highest BCUT2D eigenvalue weighted by Crippen LogP contribution is 2.36. The molecule has 0 aromatic heterocycles. The lowest BCUT2D eigenvalue weighted by Gasteiger charge is -2.23. The summed E-state index contributed by atoms with van der Waals surface area (Å²) in [5.41, 5.74) is 0.579. The Morgan fingerprint density at radius 1 is 1.35 bits per heavy atom. The van der Waals surface area contributed by atoms with Gasteiger partial charge in [-0.25, -0.2) is 0 Å². The first-order valence-corrected chi connectivity index (χ1v) is 8.28. The highest BCUT2D eigenvalue weighted by molar-refractivity contribution is 6.01. The van der Waals surface area contributed by atoms with E-state index < -0.39 is 17.8 Å². The molecule has 2 unspecified atom stereocenters. The SMILES string of the molecule is COc1ccc(N2CC(C(=O)N(C)CC(C)C(=O)O)CC2=O)c(OC)c1. The highest BCUT2D eigenvalue weighted by Gasteiger charge is 2.38. The molecule has 1 heterocycles. The Bertz CT molecular complexity index is 705. The number of methoxy groups -OCH3 is 2. The summed E-state index contributed by atoms with van der Waals surface area (Å²) in [7, 11) is 4.60. The van der Waals surface area contributed by atoms with Crippen molar-refractivity contribution in [3.05, 3.63) is 18.2 Å². The molecule has 0 bridgehead atoms. The zero-order chi connectivity index (χ0) is 19.4. The zero-order valence-electron chi connectivity index (χ0n) is 15.4. The van der Waals surface area contributed by atoms with Gasteiger partial charge < -0.3 is 24.4 Å². The quantitative estimate of drug-likeness (QED) is 0.782. The lowest BCUT2D eigenvalue weighted by molar-refractivity contribution is -0.143. The summed E-state index contributed by atoms with van der Waals surface area (Å²) < 4.78 is 10.5. The maximum Gasteiger partial charge on any atom is 0.308 e. The van der Waals surface area contributed by atoms with Crippen molar-refractivity contribution < 1.29 is 29.0 Å². The first-order chi connectivity index (χ1) is 12.3. The number of benzene rings is 1. The van der Waals surface area contributed by atoms with Gasteiger partial charge in [0.15, 0.2) is 0 Å². The van der Waals surface area contributed by atoms with Crippen LogP contribution in [0.5, 0.6) is 11.5 Å². The van der Waals surface area contributed by atoms with Crippen LogP contribution in [0.2, 0.25) is 0 Å². The van der Waals surface area contributed by atoms with Gasteiger partial charge in [-0.15, -0.1) is 0 Å². The van der Waals surface area contributed by atoms with E-state index in [9.17, 15) is 14.4 Å².